The van der Waals surface area contributed by atoms with Gasteiger partial charge in [-0.15, -0.1) is 0 Å². The van der Waals surface area contributed by atoms with Crippen LogP contribution >= 0.6 is 11.6 Å². The van der Waals surface area contributed by atoms with Crippen LogP contribution in [0, 0.1) is 0 Å². The Balaban J connectivity index is 2.68. The van der Waals surface area contributed by atoms with E-state index < -0.39 is 0 Å². The predicted octanol–water partition coefficient (Wildman–Crippen LogP) is 2.31. The molecule has 1 heterocycles. The normalized spacial score (nSPS) is 10.6. The van der Waals surface area contributed by atoms with E-state index in [1.807, 2.05) is 6.07 Å². The van der Waals surface area contributed by atoms with E-state index in [0.29, 0.717) is 16.1 Å². The number of ketones is 1. The smallest absolute Gasteiger partial charge is 0.252 e. The Bertz CT molecular complexity index is 616. The molecule has 0 saturated heterocycles. The molecule has 1 N–H and O–H groups in total. The van der Waals surface area contributed by atoms with E-state index in [2.05, 4.69) is 4.98 Å². The fourth-order valence-electron chi connectivity index (χ4n) is 1.64. The molecule has 0 aliphatic rings. The Kier molecular flexibility index (Phi) is 2.79. The van der Waals surface area contributed by atoms with Gasteiger partial charge in [0.15, 0.2) is 0 Å². The number of hydrogen-bond donors (Lipinski definition) is 1. The van der Waals surface area contributed by atoms with Gasteiger partial charge in [0, 0.05) is 17.4 Å². The molecule has 0 fully saturated rings. The van der Waals surface area contributed by atoms with Crippen LogP contribution in [0.5, 0.6) is 0 Å². The van der Waals surface area contributed by atoms with Crippen molar-refractivity contribution < 1.29 is 4.79 Å². The van der Waals surface area contributed by atoms with Gasteiger partial charge in [-0.05, 0) is 19.1 Å². The number of aromatic amines is 1. The Morgan fingerprint density at radius 3 is 2.88 bits per heavy atom. The minimum Gasteiger partial charge on any atom is -0.320 e. The second-order valence-electron chi connectivity index (χ2n) is 3.71. The molecule has 1 aromatic heterocycles. The van der Waals surface area contributed by atoms with Crippen LogP contribution in [0.1, 0.15) is 12.5 Å². The molecule has 16 heavy (non-hydrogen) atoms. The van der Waals surface area contributed by atoms with Gasteiger partial charge in [0.1, 0.15) is 5.78 Å². The van der Waals surface area contributed by atoms with Crippen LogP contribution in [0.25, 0.3) is 10.9 Å². The average Bonchev–Trinajstić information content (AvgIpc) is 2.20. The van der Waals surface area contributed by atoms with Crippen LogP contribution in [-0.4, -0.2) is 10.8 Å². The van der Waals surface area contributed by atoms with E-state index in [-0.39, 0.29) is 17.8 Å². The summed E-state index contributed by atoms with van der Waals surface area (Å²) in [5, 5.41) is 1.34. The van der Waals surface area contributed by atoms with Crippen molar-refractivity contribution in [1.29, 1.82) is 0 Å². The molecule has 1 aromatic carbocycles. The third kappa shape index (κ3) is 1.99. The highest BCUT2D eigenvalue weighted by Gasteiger charge is 2.06. The lowest BCUT2D eigenvalue weighted by atomic mass is 10.1. The summed E-state index contributed by atoms with van der Waals surface area (Å²) >= 11 is 5.95. The number of hydrogen-bond acceptors (Lipinski definition) is 2. The summed E-state index contributed by atoms with van der Waals surface area (Å²) < 4.78 is 0. The second-order valence-corrected chi connectivity index (χ2v) is 4.11. The van der Waals surface area contributed by atoms with Gasteiger partial charge >= 0.3 is 0 Å². The van der Waals surface area contributed by atoms with Crippen molar-refractivity contribution in [2.75, 3.05) is 0 Å². The lowest BCUT2D eigenvalue weighted by Gasteiger charge is -2.02. The minimum absolute atomic E-state index is 0.0353. The quantitative estimate of drug-likeness (QED) is 0.869. The van der Waals surface area contributed by atoms with Gasteiger partial charge in [0.25, 0.3) is 5.56 Å². The van der Waals surface area contributed by atoms with Crippen molar-refractivity contribution in [1.82, 2.24) is 4.98 Å². The van der Waals surface area contributed by atoms with Crippen LogP contribution in [0.3, 0.4) is 0 Å². The highest BCUT2D eigenvalue weighted by atomic mass is 35.5. The van der Waals surface area contributed by atoms with Gasteiger partial charge < -0.3 is 4.98 Å². The average molecular weight is 236 g/mol. The maximum absolute atomic E-state index is 11.7. The molecule has 3 nitrogen and oxygen atoms in total. The van der Waals surface area contributed by atoms with Gasteiger partial charge in [-0.25, -0.2) is 0 Å². The molecule has 0 unspecified atom stereocenters. The third-order valence-corrected chi connectivity index (χ3v) is 2.66. The number of para-hydroxylation sites is 1. The van der Waals surface area contributed by atoms with Crippen molar-refractivity contribution >= 4 is 28.3 Å². The number of nitrogens with one attached hydrogen (secondary N) is 1. The number of carbonyl (C=O) groups is 1. The van der Waals surface area contributed by atoms with Gasteiger partial charge in [-0.1, -0.05) is 23.7 Å². The largest absolute Gasteiger partial charge is 0.320 e. The number of fused-ring (bicyclic) bond motifs is 1. The van der Waals surface area contributed by atoms with Crippen LogP contribution in [0.2, 0.25) is 5.02 Å². The first-order chi connectivity index (χ1) is 7.58. The monoisotopic (exact) mass is 235 g/mol. The molecule has 0 bridgehead atoms. The number of H-pyrrole nitrogens is 1. The summed E-state index contributed by atoms with van der Waals surface area (Å²) in [6.45, 7) is 1.46. The van der Waals surface area contributed by atoms with Gasteiger partial charge in [-0.2, -0.15) is 0 Å². The van der Waals surface area contributed by atoms with Crippen LogP contribution in [0.15, 0.2) is 29.1 Å². The maximum Gasteiger partial charge on any atom is 0.252 e. The summed E-state index contributed by atoms with van der Waals surface area (Å²) in [4.78, 5) is 25.3. The zero-order valence-electron chi connectivity index (χ0n) is 8.71. The van der Waals surface area contributed by atoms with E-state index in [9.17, 15) is 9.59 Å². The lowest BCUT2D eigenvalue weighted by Crippen LogP contribution is -2.15. The molecular formula is C12H10ClNO2. The first-order valence-corrected chi connectivity index (χ1v) is 5.25. The van der Waals surface area contributed by atoms with Crippen LogP contribution < -0.4 is 5.56 Å². The third-order valence-electron chi connectivity index (χ3n) is 2.35. The summed E-state index contributed by atoms with van der Waals surface area (Å²) in [5.74, 6) is -0.0353. The molecule has 2 rings (SSSR count). The zero-order valence-corrected chi connectivity index (χ0v) is 9.47. The van der Waals surface area contributed by atoms with Crippen molar-refractivity contribution in [3.8, 4) is 0 Å². The first kappa shape index (κ1) is 10.9. The number of aromatic nitrogens is 1. The number of carbonyl (C=O) groups excluding carboxylic acids is 1. The molecule has 4 heteroatoms. The molecule has 0 atom stereocenters. The predicted molar refractivity (Wildman–Crippen MR) is 64.0 cm³/mol. The van der Waals surface area contributed by atoms with Crippen molar-refractivity contribution in [3.05, 3.63) is 45.2 Å². The highest BCUT2D eigenvalue weighted by molar-refractivity contribution is 6.35. The summed E-state index contributed by atoms with van der Waals surface area (Å²) in [6.07, 6.45) is 0.151. The second kappa shape index (κ2) is 4.10. The molecule has 82 valence electrons. The zero-order chi connectivity index (χ0) is 11.7. The molecule has 0 amide bonds. The van der Waals surface area contributed by atoms with E-state index in [1.54, 1.807) is 18.2 Å². The first-order valence-electron chi connectivity index (χ1n) is 4.88. The number of Topliss-reactive ketones (excluding diaryl/α,β-unsaturated/α-hetero) is 1. The molecule has 0 aliphatic heterocycles. The summed E-state index contributed by atoms with van der Waals surface area (Å²) in [5.41, 5.74) is 0.833. The van der Waals surface area contributed by atoms with Crippen LogP contribution in [0.4, 0.5) is 0 Å². The topological polar surface area (TPSA) is 49.9 Å². The standard InChI is InChI=1S/C12H10ClNO2/c1-7(15)5-9-6-8-3-2-4-10(13)11(8)14-12(9)16/h2-4,6H,5H2,1H3,(H,14,16). The molecule has 0 aliphatic carbocycles. The van der Waals surface area contributed by atoms with Crippen molar-refractivity contribution in [2.45, 2.75) is 13.3 Å². The molecular weight excluding hydrogens is 226 g/mol. The molecule has 0 spiro atoms. The molecule has 2 aromatic rings. The van der Waals surface area contributed by atoms with Gasteiger partial charge in [0.2, 0.25) is 0 Å². The maximum atomic E-state index is 11.7. The van der Waals surface area contributed by atoms with Gasteiger partial charge in [0.05, 0.1) is 10.5 Å². The van der Waals surface area contributed by atoms with E-state index >= 15 is 0 Å². The number of pyridine rings is 1. The fourth-order valence-corrected chi connectivity index (χ4v) is 1.87. The van der Waals surface area contributed by atoms with Crippen LogP contribution in [-0.2, 0) is 11.2 Å². The number of benzene rings is 1. The van der Waals surface area contributed by atoms with Crippen molar-refractivity contribution in [2.24, 2.45) is 0 Å². The van der Waals surface area contributed by atoms with Gasteiger partial charge in [-0.3, -0.25) is 9.59 Å². The Morgan fingerprint density at radius 1 is 1.44 bits per heavy atom. The molecule has 0 saturated carbocycles. The Hall–Kier alpha value is -1.61. The number of halogens is 1. The fraction of sp³-hybridized carbons (Fsp3) is 0.167. The Labute approximate surface area is 97.1 Å². The van der Waals surface area contributed by atoms with E-state index in [1.165, 1.54) is 6.92 Å². The number of rotatable bonds is 2. The van der Waals surface area contributed by atoms with E-state index in [4.69, 9.17) is 11.6 Å². The van der Waals surface area contributed by atoms with E-state index in [0.717, 1.165) is 5.39 Å². The van der Waals surface area contributed by atoms with Crippen molar-refractivity contribution in [3.63, 3.8) is 0 Å². The minimum atomic E-state index is -0.254. The summed E-state index contributed by atoms with van der Waals surface area (Å²) in [6, 6.07) is 7.08. The molecule has 0 radical (unpaired) electrons. The highest BCUT2D eigenvalue weighted by Crippen LogP contribution is 2.20. The summed E-state index contributed by atoms with van der Waals surface area (Å²) in [7, 11) is 0. The SMILES string of the molecule is CC(=O)Cc1cc2cccc(Cl)c2[nH]c1=O. The Morgan fingerprint density at radius 2 is 2.19 bits per heavy atom. The lowest BCUT2D eigenvalue weighted by molar-refractivity contribution is -0.116.